The molecule has 0 radical (unpaired) electrons. The van der Waals surface area contributed by atoms with Crippen molar-refractivity contribution in [2.75, 3.05) is 44.4 Å². The summed E-state index contributed by atoms with van der Waals surface area (Å²) in [6, 6.07) is 6.15. The minimum atomic E-state index is 0.145. The Morgan fingerprint density at radius 2 is 1.90 bits per heavy atom. The summed E-state index contributed by atoms with van der Waals surface area (Å²) in [5.41, 5.74) is 9.39. The molecular weight excluding hydrogens is 264 g/mol. The van der Waals surface area contributed by atoms with Gasteiger partial charge in [-0.2, -0.15) is 5.84 Å². The molecule has 2 aliphatic rings. The normalized spacial score (nSPS) is 22.0. The van der Waals surface area contributed by atoms with Gasteiger partial charge in [-0.3, -0.25) is 0 Å². The first-order valence-electron chi connectivity index (χ1n) is 7.82. The van der Waals surface area contributed by atoms with E-state index in [1.165, 1.54) is 12.8 Å². The van der Waals surface area contributed by atoms with E-state index in [2.05, 4.69) is 11.0 Å². The van der Waals surface area contributed by atoms with E-state index in [9.17, 15) is 0 Å². The maximum absolute atomic E-state index is 6.38. The molecule has 5 nitrogen and oxygen atoms in total. The molecule has 0 saturated carbocycles. The average molecular weight is 291 g/mol. The number of nitrogens with zero attached hydrogens (tertiary/aromatic N) is 2. The number of quaternary nitrogens is 1. The highest BCUT2D eigenvalue weighted by Crippen LogP contribution is 2.40. The Balaban J connectivity index is 1.79. The molecule has 0 amide bonds. The zero-order valence-corrected chi connectivity index (χ0v) is 13.1. The van der Waals surface area contributed by atoms with Gasteiger partial charge in [0.25, 0.3) is 0 Å². The van der Waals surface area contributed by atoms with Gasteiger partial charge < -0.3 is 15.4 Å². The fourth-order valence-corrected chi connectivity index (χ4v) is 3.62. The number of hydrogen-bond donors (Lipinski definition) is 2. The van der Waals surface area contributed by atoms with Gasteiger partial charge in [-0.1, -0.05) is 6.07 Å². The van der Waals surface area contributed by atoms with Crippen LogP contribution in [0.2, 0.25) is 0 Å². The molecule has 116 valence electrons. The highest BCUT2D eigenvalue weighted by Gasteiger charge is 2.38. The standard InChI is InChI=1S/C16H27N4O/c1-20(2,18)14-6-3-5-13(15(14)17)19-10-8-16(9-11-19)7-4-12-21-16/h3,5-6H,4,7-12,17-18H2,1-2H3/q+1. The SMILES string of the molecule is C[N+](C)(N)c1cccc(N2CCC3(CCCO3)CC2)c1N. The Bertz CT molecular complexity index is 507. The van der Waals surface area contributed by atoms with E-state index in [-0.39, 0.29) is 10.2 Å². The molecule has 2 fully saturated rings. The second-order valence-electron chi connectivity index (χ2n) is 6.87. The van der Waals surface area contributed by atoms with E-state index in [0.717, 1.165) is 49.6 Å². The van der Waals surface area contributed by atoms with Crippen molar-refractivity contribution in [2.24, 2.45) is 5.84 Å². The van der Waals surface area contributed by atoms with Crippen LogP contribution in [0.4, 0.5) is 17.1 Å². The third kappa shape index (κ3) is 2.73. The highest BCUT2D eigenvalue weighted by atomic mass is 16.5. The fraction of sp³-hybridized carbons (Fsp3) is 0.625. The third-order valence-corrected chi connectivity index (χ3v) is 4.88. The number of piperidine rings is 1. The molecule has 0 aliphatic carbocycles. The lowest BCUT2D eigenvalue weighted by molar-refractivity contribution is -0.0146. The van der Waals surface area contributed by atoms with Gasteiger partial charge in [0.2, 0.25) is 0 Å². The van der Waals surface area contributed by atoms with Gasteiger partial charge >= 0.3 is 0 Å². The van der Waals surface area contributed by atoms with E-state index in [1.807, 2.05) is 26.2 Å². The van der Waals surface area contributed by atoms with Gasteiger partial charge in [0, 0.05) is 25.8 Å². The molecule has 5 heteroatoms. The minimum absolute atomic E-state index is 0.145. The van der Waals surface area contributed by atoms with Crippen LogP contribution in [0.15, 0.2) is 18.2 Å². The monoisotopic (exact) mass is 291 g/mol. The van der Waals surface area contributed by atoms with E-state index in [4.69, 9.17) is 16.3 Å². The van der Waals surface area contributed by atoms with Gasteiger partial charge in [-0.15, -0.1) is 0 Å². The quantitative estimate of drug-likeness (QED) is 0.378. The summed E-state index contributed by atoms with van der Waals surface area (Å²) in [6.45, 7) is 2.94. The fourth-order valence-electron chi connectivity index (χ4n) is 3.62. The minimum Gasteiger partial charge on any atom is -0.392 e. The summed E-state index contributed by atoms with van der Waals surface area (Å²) in [6.07, 6.45) is 4.61. The van der Waals surface area contributed by atoms with Gasteiger partial charge in [-0.05, 0) is 31.7 Å². The first-order chi connectivity index (χ1) is 9.91. The van der Waals surface area contributed by atoms with Crippen LogP contribution in [0.1, 0.15) is 25.7 Å². The number of ether oxygens (including phenoxy) is 1. The Kier molecular flexibility index (Phi) is 3.59. The summed E-state index contributed by atoms with van der Waals surface area (Å²) in [5, 5.41) is 0. The number of nitrogens with two attached hydrogens (primary N) is 2. The predicted molar refractivity (Wildman–Crippen MR) is 88.0 cm³/mol. The maximum atomic E-state index is 6.38. The van der Waals surface area contributed by atoms with Crippen LogP contribution in [-0.4, -0.2) is 39.4 Å². The molecule has 2 aliphatic heterocycles. The molecule has 0 atom stereocenters. The van der Waals surface area contributed by atoms with Crippen molar-refractivity contribution in [1.29, 1.82) is 0 Å². The van der Waals surface area contributed by atoms with Gasteiger partial charge in [-0.25, -0.2) is 4.59 Å². The lowest BCUT2D eigenvalue weighted by Gasteiger charge is -2.40. The van der Waals surface area contributed by atoms with E-state index < -0.39 is 0 Å². The molecule has 0 aromatic heterocycles. The third-order valence-electron chi connectivity index (χ3n) is 4.88. The molecule has 3 rings (SSSR count). The summed E-state index contributed by atoms with van der Waals surface area (Å²) in [4.78, 5) is 2.38. The van der Waals surface area contributed by atoms with Crippen molar-refractivity contribution in [3.63, 3.8) is 0 Å². The molecule has 4 N–H and O–H groups in total. The van der Waals surface area contributed by atoms with Crippen LogP contribution in [-0.2, 0) is 4.74 Å². The number of para-hydroxylation sites is 1. The number of benzene rings is 1. The molecule has 2 heterocycles. The molecule has 1 aromatic rings. The van der Waals surface area contributed by atoms with Crippen LogP contribution < -0.4 is 21.1 Å². The van der Waals surface area contributed by atoms with E-state index in [0.29, 0.717) is 0 Å². The van der Waals surface area contributed by atoms with E-state index in [1.54, 1.807) is 0 Å². The number of hydrogen-bond acceptors (Lipinski definition) is 4. The lowest BCUT2D eigenvalue weighted by Crippen LogP contribution is -2.48. The summed E-state index contributed by atoms with van der Waals surface area (Å²) in [7, 11) is 3.88. The van der Waals surface area contributed by atoms with Crippen LogP contribution in [0.3, 0.4) is 0 Å². The lowest BCUT2D eigenvalue weighted by atomic mass is 9.88. The van der Waals surface area contributed by atoms with Gasteiger partial charge in [0.15, 0.2) is 5.69 Å². The zero-order valence-electron chi connectivity index (χ0n) is 13.1. The van der Waals surface area contributed by atoms with Crippen LogP contribution >= 0.6 is 0 Å². The van der Waals surface area contributed by atoms with Crippen molar-refractivity contribution in [2.45, 2.75) is 31.3 Å². The average Bonchev–Trinajstić information content (AvgIpc) is 2.87. The number of anilines is 2. The Morgan fingerprint density at radius 3 is 2.48 bits per heavy atom. The Morgan fingerprint density at radius 1 is 1.19 bits per heavy atom. The molecule has 2 saturated heterocycles. The summed E-state index contributed by atoms with van der Waals surface area (Å²) in [5.74, 6) is 6.17. The second kappa shape index (κ2) is 5.16. The van der Waals surface area contributed by atoms with Crippen molar-refractivity contribution in [3.8, 4) is 0 Å². The van der Waals surface area contributed by atoms with Crippen molar-refractivity contribution in [3.05, 3.63) is 18.2 Å². The molecule has 0 bridgehead atoms. The van der Waals surface area contributed by atoms with Gasteiger partial charge in [0.05, 0.1) is 25.4 Å². The molecule has 21 heavy (non-hydrogen) atoms. The molecule has 1 aromatic carbocycles. The predicted octanol–water partition coefficient (Wildman–Crippen LogP) is 1.86. The number of nitrogen functional groups attached to an aromatic ring is 1. The highest BCUT2D eigenvalue weighted by molar-refractivity contribution is 5.80. The summed E-state index contributed by atoms with van der Waals surface area (Å²) < 4.78 is 6.24. The zero-order chi connectivity index (χ0) is 15.1. The topological polar surface area (TPSA) is 64.5 Å². The van der Waals surface area contributed by atoms with Crippen molar-refractivity contribution < 1.29 is 4.74 Å². The largest absolute Gasteiger partial charge is 0.392 e. The van der Waals surface area contributed by atoms with Crippen LogP contribution in [0.5, 0.6) is 0 Å². The molecule has 0 unspecified atom stereocenters. The Labute approximate surface area is 127 Å². The van der Waals surface area contributed by atoms with Crippen molar-refractivity contribution in [1.82, 2.24) is 4.59 Å². The van der Waals surface area contributed by atoms with E-state index >= 15 is 0 Å². The van der Waals surface area contributed by atoms with Gasteiger partial charge in [0.1, 0.15) is 5.69 Å². The maximum Gasteiger partial charge on any atom is 0.176 e. The summed E-state index contributed by atoms with van der Waals surface area (Å²) >= 11 is 0. The van der Waals surface area contributed by atoms with Crippen molar-refractivity contribution >= 4 is 17.1 Å². The smallest absolute Gasteiger partial charge is 0.176 e. The van der Waals surface area contributed by atoms with Crippen LogP contribution in [0, 0.1) is 0 Å². The first-order valence-corrected chi connectivity index (χ1v) is 7.82. The Hall–Kier alpha value is -1.30. The van der Waals surface area contributed by atoms with Crippen LogP contribution in [0.25, 0.3) is 0 Å². The molecular formula is C16H27N4O+. The molecule has 1 spiro atoms. The number of rotatable bonds is 2. The first kappa shape index (κ1) is 14.6. The second-order valence-corrected chi connectivity index (χ2v) is 6.87.